The van der Waals surface area contributed by atoms with Crippen molar-refractivity contribution in [3.8, 4) is 0 Å². The Bertz CT molecular complexity index is 405. The van der Waals surface area contributed by atoms with Crippen molar-refractivity contribution < 1.29 is 0 Å². The molecule has 0 spiro atoms. The summed E-state index contributed by atoms with van der Waals surface area (Å²) in [6, 6.07) is 0.528. The predicted octanol–water partition coefficient (Wildman–Crippen LogP) is 3.44. The van der Waals surface area contributed by atoms with Gasteiger partial charge in [-0.3, -0.25) is 0 Å². The van der Waals surface area contributed by atoms with Crippen LogP contribution in [0.25, 0.3) is 0 Å². The minimum atomic E-state index is 0.0164. The molecule has 0 fully saturated rings. The van der Waals surface area contributed by atoms with Gasteiger partial charge in [-0.1, -0.05) is 48.5 Å². The first-order chi connectivity index (χ1) is 9.29. The van der Waals surface area contributed by atoms with E-state index in [1.807, 2.05) is 0 Å². The van der Waals surface area contributed by atoms with E-state index in [4.69, 9.17) is 9.97 Å². The van der Waals surface area contributed by atoms with Gasteiger partial charge in [0.2, 0.25) is 0 Å². The van der Waals surface area contributed by atoms with Crippen LogP contribution in [-0.2, 0) is 24.7 Å². The third kappa shape index (κ3) is 4.55. The van der Waals surface area contributed by atoms with Gasteiger partial charge in [0.1, 0.15) is 5.82 Å². The van der Waals surface area contributed by atoms with Gasteiger partial charge in [0.25, 0.3) is 0 Å². The van der Waals surface area contributed by atoms with Crippen molar-refractivity contribution in [1.29, 1.82) is 0 Å². The van der Waals surface area contributed by atoms with Gasteiger partial charge in [-0.2, -0.15) is 0 Å². The largest absolute Gasteiger partial charge is 0.314 e. The first-order valence-corrected chi connectivity index (χ1v) is 7.92. The Morgan fingerprint density at radius 1 is 1.00 bits per heavy atom. The molecular weight excluding hydrogens is 246 g/mol. The Hall–Kier alpha value is -0.960. The fraction of sp³-hybridized carbons (Fsp3) is 0.765. The zero-order chi connectivity index (χ0) is 15.3. The molecule has 0 aliphatic carbocycles. The van der Waals surface area contributed by atoms with Crippen LogP contribution < -0.4 is 5.32 Å². The van der Waals surface area contributed by atoms with Gasteiger partial charge < -0.3 is 5.32 Å². The molecule has 0 unspecified atom stereocenters. The van der Waals surface area contributed by atoms with Crippen molar-refractivity contribution in [3.05, 3.63) is 22.8 Å². The van der Waals surface area contributed by atoms with Crippen molar-refractivity contribution in [2.24, 2.45) is 0 Å². The maximum atomic E-state index is 4.83. The van der Waals surface area contributed by atoms with Gasteiger partial charge in [-0.05, 0) is 31.4 Å². The van der Waals surface area contributed by atoms with Crippen molar-refractivity contribution in [2.45, 2.75) is 79.2 Å². The van der Waals surface area contributed by atoms with E-state index in [0.29, 0.717) is 6.04 Å². The second-order valence-corrected chi connectivity index (χ2v) is 6.74. The Kier molecular flexibility index (Phi) is 6.12. The van der Waals surface area contributed by atoms with E-state index in [2.05, 4.69) is 53.8 Å². The molecule has 1 heterocycles. The average Bonchev–Trinajstić information content (AvgIpc) is 2.36. The zero-order valence-electron chi connectivity index (χ0n) is 14.3. The molecule has 0 aliphatic heterocycles. The SMILES string of the molecule is CCc1nc(C(C)(C)C)nc(CC)c1CCNC(C)C. The summed E-state index contributed by atoms with van der Waals surface area (Å²) in [5.41, 5.74) is 3.83. The van der Waals surface area contributed by atoms with Crippen molar-refractivity contribution >= 4 is 0 Å². The van der Waals surface area contributed by atoms with Crippen LogP contribution >= 0.6 is 0 Å². The predicted molar refractivity (Wildman–Crippen MR) is 86.3 cm³/mol. The van der Waals surface area contributed by atoms with Crippen LogP contribution in [0.1, 0.15) is 71.2 Å². The van der Waals surface area contributed by atoms with Crippen LogP contribution in [-0.4, -0.2) is 22.6 Å². The number of aromatic nitrogens is 2. The minimum Gasteiger partial charge on any atom is -0.314 e. The fourth-order valence-electron chi connectivity index (χ4n) is 2.28. The van der Waals surface area contributed by atoms with Crippen LogP contribution in [0.5, 0.6) is 0 Å². The molecular formula is C17H31N3. The summed E-state index contributed by atoms with van der Waals surface area (Å²) in [7, 11) is 0. The van der Waals surface area contributed by atoms with Gasteiger partial charge in [0, 0.05) is 22.8 Å². The quantitative estimate of drug-likeness (QED) is 0.865. The molecule has 0 radical (unpaired) electrons. The lowest BCUT2D eigenvalue weighted by Gasteiger charge is -2.21. The highest BCUT2D eigenvalue weighted by Crippen LogP contribution is 2.22. The summed E-state index contributed by atoms with van der Waals surface area (Å²) in [6.45, 7) is 16.3. The third-order valence-corrected chi connectivity index (χ3v) is 3.45. The Balaban J connectivity index is 3.09. The molecule has 0 amide bonds. The molecule has 1 aromatic rings. The molecule has 1 N–H and O–H groups in total. The summed E-state index contributed by atoms with van der Waals surface area (Å²) < 4.78 is 0. The van der Waals surface area contributed by atoms with Gasteiger partial charge in [0.15, 0.2) is 0 Å². The molecule has 0 saturated carbocycles. The van der Waals surface area contributed by atoms with E-state index < -0.39 is 0 Å². The summed E-state index contributed by atoms with van der Waals surface area (Å²) in [5.74, 6) is 0.978. The minimum absolute atomic E-state index is 0.0164. The molecule has 3 nitrogen and oxygen atoms in total. The standard InChI is InChI=1S/C17H31N3/c1-8-14-13(10-11-18-12(3)4)15(9-2)20-16(19-14)17(5,6)7/h12,18H,8-11H2,1-7H3. The molecule has 20 heavy (non-hydrogen) atoms. The van der Waals surface area contributed by atoms with E-state index >= 15 is 0 Å². The lowest BCUT2D eigenvalue weighted by Crippen LogP contribution is -2.26. The van der Waals surface area contributed by atoms with Crippen molar-refractivity contribution in [1.82, 2.24) is 15.3 Å². The van der Waals surface area contributed by atoms with E-state index in [-0.39, 0.29) is 5.41 Å². The number of aryl methyl sites for hydroxylation is 2. The van der Waals surface area contributed by atoms with E-state index in [9.17, 15) is 0 Å². The van der Waals surface area contributed by atoms with Crippen LogP contribution in [0.3, 0.4) is 0 Å². The van der Waals surface area contributed by atoms with E-state index in [1.165, 1.54) is 17.0 Å². The lowest BCUT2D eigenvalue weighted by atomic mass is 9.94. The van der Waals surface area contributed by atoms with Crippen LogP contribution in [0.15, 0.2) is 0 Å². The van der Waals surface area contributed by atoms with Gasteiger partial charge in [0.05, 0.1) is 0 Å². The number of hydrogen-bond donors (Lipinski definition) is 1. The molecule has 0 aliphatic rings. The number of nitrogens with zero attached hydrogens (tertiary/aromatic N) is 2. The highest BCUT2D eigenvalue weighted by Gasteiger charge is 2.21. The summed E-state index contributed by atoms with van der Waals surface area (Å²) >= 11 is 0. The fourth-order valence-corrected chi connectivity index (χ4v) is 2.28. The highest BCUT2D eigenvalue weighted by atomic mass is 14.9. The van der Waals surface area contributed by atoms with Gasteiger partial charge >= 0.3 is 0 Å². The van der Waals surface area contributed by atoms with E-state index in [0.717, 1.165) is 31.6 Å². The average molecular weight is 277 g/mol. The molecule has 114 valence electrons. The number of hydrogen-bond acceptors (Lipinski definition) is 3. The summed E-state index contributed by atoms with van der Waals surface area (Å²) in [6.07, 6.45) is 2.99. The smallest absolute Gasteiger partial charge is 0.134 e. The van der Waals surface area contributed by atoms with Crippen molar-refractivity contribution in [2.75, 3.05) is 6.54 Å². The van der Waals surface area contributed by atoms with Crippen LogP contribution in [0, 0.1) is 0 Å². The van der Waals surface area contributed by atoms with Gasteiger partial charge in [-0.15, -0.1) is 0 Å². The van der Waals surface area contributed by atoms with Crippen molar-refractivity contribution in [3.63, 3.8) is 0 Å². The first-order valence-electron chi connectivity index (χ1n) is 7.92. The Morgan fingerprint density at radius 2 is 1.50 bits per heavy atom. The molecule has 0 bridgehead atoms. The molecule has 1 aromatic heterocycles. The second-order valence-electron chi connectivity index (χ2n) is 6.74. The monoisotopic (exact) mass is 277 g/mol. The summed E-state index contributed by atoms with van der Waals surface area (Å²) in [4.78, 5) is 9.66. The third-order valence-electron chi connectivity index (χ3n) is 3.45. The molecule has 0 saturated heterocycles. The zero-order valence-corrected chi connectivity index (χ0v) is 14.3. The Labute approximate surface area is 124 Å². The maximum Gasteiger partial charge on any atom is 0.134 e. The lowest BCUT2D eigenvalue weighted by molar-refractivity contribution is 0.533. The number of nitrogens with one attached hydrogen (secondary N) is 1. The molecule has 1 rings (SSSR count). The maximum absolute atomic E-state index is 4.83. The molecule has 0 aromatic carbocycles. The second kappa shape index (κ2) is 7.16. The van der Waals surface area contributed by atoms with Gasteiger partial charge in [-0.25, -0.2) is 9.97 Å². The first kappa shape index (κ1) is 17.1. The molecule has 3 heteroatoms. The summed E-state index contributed by atoms with van der Waals surface area (Å²) in [5, 5.41) is 3.49. The van der Waals surface area contributed by atoms with E-state index in [1.54, 1.807) is 0 Å². The topological polar surface area (TPSA) is 37.8 Å². The normalized spacial score (nSPS) is 12.2. The van der Waals surface area contributed by atoms with Crippen LogP contribution in [0.2, 0.25) is 0 Å². The van der Waals surface area contributed by atoms with Crippen LogP contribution in [0.4, 0.5) is 0 Å². The Morgan fingerprint density at radius 3 is 1.85 bits per heavy atom. The molecule has 0 atom stereocenters. The highest BCUT2D eigenvalue weighted by molar-refractivity contribution is 5.28. The number of rotatable bonds is 6.